The first-order valence-corrected chi connectivity index (χ1v) is 9.61. The molecule has 1 aliphatic rings. The van der Waals surface area contributed by atoms with Crippen molar-refractivity contribution in [3.05, 3.63) is 70.7 Å². The molecule has 2 aromatic rings. The van der Waals surface area contributed by atoms with Crippen LogP contribution in [0.4, 0.5) is 0 Å². The number of hydrogen-bond donors (Lipinski definition) is 1. The van der Waals surface area contributed by atoms with Crippen molar-refractivity contribution >= 4 is 11.6 Å². The van der Waals surface area contributed by atoms with Gasteiger partial charge in [0.15, 0.2) is 0 Å². The molecule has 3 rings (SSSR count). The molecule has 1 heterocycles. The highest BCUT2D eigenvalue weighted by Crippen LogP contribution is 2.30. The van der Waals surface area contributed by atoms with Crippen molar-refractivity contribution in [1.82, 2.24) is 9.80 Å². The summed E-state index contributed by atoms with van der Waals surface area (Å²) in [4.78, 5) is 4.97. The molecule has 0 bridgehead atoms. The molecule has 4 nitrogen and oxygen atoms in total. The Bertz CT molecular complexity index is 647. The van der Waals surface area contributed by atoms with E-state index in [0.29, 0.717) is 13.2 Å². The van der Waals surface area contributed by atoms with Gasteiger partial charge in [0.2, 0.25) is 0 Å². The van der Waals surface area contributed by atoms with Crippen molar-refractivity contribution in [1.29, 1.82) is 0 Å². The second-order valence-corrected chi connectivity index (χ2v) is 7.01. The van der Waals surface area contributed by atoms with E-state index >= 15 is 0 Å². The van der Waals surface area contributed by atoms with Crippen LogP contribution in [0.3, 0.4) is 0 Å². The lowest BCUT2D eigenvalue weighted by atomic mass is 9.96. The first-order chi connectivity index (χ1) is 12.8. The van der Waals surface area contributed by atoms with Gasteiger partial charge in [-0.3, -0.25) is 9.80 Å². The van der Waals surface area contributed by atoms with Crippen LogP contribution in [0, 0.1) is 0 Å². The molecular weight excluding hydrogens is 383 g/mol. The summed E-state index contributed by atoms with van der Waals surface area (Å²) in [5.74, 6) is 0. The summed E-state index contributed by atoms with van der Waals surface area (Å²) in [5, 5.41) is 9.55. The number of hydrogen-bond acceptors (Lipinski definition) is 4. The molecular formula is C21H27Cl2N2O2-. The smallest absolute Gasteiger partial charge is 0.0698 e. The van der Waals surface area contributed by atoms with E-state index in [9.17, 15) is 0 Å². The number of ether oxygens (including phenoxy) is 1. The van der Waals surface area contributed by atoms with Crippen LogP contribution in [0.15, 0.2) is 54.6 Å². The zero-order valence-corrected chi connectivity index (χ0v) is 16.9. The molecule has 0 aliphatic carbocycles. The van der Waals surface area contributed by atoms with Crippen LogP contribution in [0.2, 0.25) is 5.02 Å². The van der Waals surface area contributed by atoms with Gasteiger partial charge in [-0.2, -0.15) is 0 Å². The number of benzene rings is 2. The minimum absolute atomic E-state index is 0. The number of halogens is 2. The fraction of sp³-hybridized carbons (Fsp3) is 0.429. The Kier molecular flexibility index (Phi) is 9.56. The van der Waals surface area contributed by atoms with E-state index in [1.807, 2.05) is 12.1 Å². The molecule has 0 spiro atoms. The molecule has 0 aromatic heterocycles. The van der Waals surface area contributed by atoms with Gasteiger partial charge in [-0.1, -0.05) is 54.1 Å². The third-order valence-electron chi connectivity index (χ3n) is 4.86. The molecule has 1 atom stereocenters. The average Bonchev–Trinajstić information content (AvgIpc) is 2.69. The highest BCUT2D eigenvalue weighted by Gasteiger charge is 2.26. The third-order valence-corrected chi connectivity index (χ3v) is 5.11. The standard InChI is InChI=1S/C21H27ClN2O2.ClH/c22-20-8-6-19(7-9-20)21(18-4-2-1-3-5-18)24-12-10-23(11-13-24)14-16-26-17-15-25;/h1-9,21,25H,10-17H2;1H/p-1. The fourth-order valence-electron chi connectivity index (χ4n) is 3.50. The van der Waals surface area contributed by atoms with Gasteiger partial charge >= 0.3 is 0 Å². The van der Waals surface area contributed by atoms with Crippen LogP contribution in [0.25, 0.3) is 0 Å². The van der Waals surface area contributed by atoms with Gasteiger partial charge in [0, 0.05) is 37.7 Å². The van der Waals surface area contributed by atoms with Crippen molar-refractivity contribution < 1.29 is 22.3 Å². The van der Waals surface area contributed by atoms with Crippen LogP contribution < -0.4 is 12.4 Å². The topological polar surface area (TPSA) is 35.9 Å². The summed E-state index contributed by atoms with van der Waals surface area (Å²) in [6, 6.07) is 19.1. The Morgan fingerprint density at radius 2 is 1.52 bits per heavy atom. The molecule has 27 heavy (non-hydrogen) atoms. The van der Waals surface area contributed by atoms with E-state index in [4.69, 9.17) is 21.4 Å². The van der Waals surface area contributed by atoms with Crippen molar-refractivity contribution in [3.8, 4) is 0 Å². The molecule has 1 saturated heterocycles. The molecule has 0 saturated carbocycles. The van der Waals surface area contributed by atoms with Crippen molar-refractivity contribution in [3.63, 3.8) is 0 Å². The molecule has 1 unspecified atom stereocenters. The quantitative estimate of drug-likeness (QED) is 0.625. The summed E-state index contributed by atoms with van der Waals surface area (Å²) in [6.45, 7) is 6.20. The largest absolute Gasteiger partial charge is 1.00 e. The average molecular weight is 410 g/mol. The SMILES string of the molecule is OCCOCCN1CCN(C(c2ccccc2)c2ccc(Cl)cc2)CC1.[Cl-]. The maximum absolute atomic E-state index is 8.78. The van der Waals surface area contributed by atoms with Gasteiger partial charge in [0.25, 0.3) is 0 Å². The molecule has 148 valence electrons. The minimum atomic E-state index is 0. The zero-order valence-electron chi connectivity index (χ0n) is 15.4. The fourth-order valence-corrected chi connectivity index (χ4v) is 3.63. The van der Waals surface area contributed by atoms with E-state index in [-0.39, 0.29) is 25.1 Å². The maximum Gasteiger partial charge on any atom is 0.0698 e. The number of aliphatic hydroxyl groups excluding tert-OH is 1. The normalized spacial score (nSPS) is 16.7. The first kappa shape index (κ1) is 22.2. The van der Waals surface area contributed by atoms with Gasteiger partial charge in [-0.15, -0.1) is 0 Å². The molecule has 1 aliphatic heterocycles. The summed E-state index contributed by atoms with van der Waals surface area (Å²) in [7, 11) is 0. The van der Waals surface area contributed by atoms with E-state index in [0.717, 1.165) is 37.7 Å². The number of aliphatic hydroxyl groups is 1. The van der Waals surface area contributed by atoms with E-state index in [1.54, 1.807) is 0 Å². The molecule has 1 fully saturated rings. The number of nitrogens with zero attached hydrogens (tertiary/aromatic N) is 2. The van der Waals surface area contributed by atoms with Gasteiger partial charge in [0.1, 0.15) is 0 Å². The molecule has 1 N–H and O–H groups in total. The first-order valence-electron chi connectivity index (χ1n) is 9.23. The highest BCUT2D eigenvalue weighted by atomic mass is 35.5. The molecule has 0 amide bonds. The maximum atomic E-state index is 8.78. The lowest BCUT2D eigenvalue weighted by molar-refractivity contribution is -0.00000637. The molecule has 2 aromatic carbocycles. The van der Waals surface area contributed by atoms with Gasteiger partial charge in [0.05, 0.1) is 25.9 Å². The van der Waals surface area contributed by atoms with Crippen molar-refractivity contribution in [2.75, 3.05) is 52.5 Å². The summed E-state index contributed by atoms with van der Waals surface area (Å²) in [5.41, 5.74) is 2.59. The van der Waals surface area contributed by atoms with Gasteiger partial charge in [-0.05, 0) is 23.3 Å². The van der Waals surface area contributed by atoms with Crippen LogP contribution in [-0.2, 0) is 4.74 Å². The predicted molar refractivity (Wildman–Crippen MR) is 106 cm³/mol. The lowest BCUT2D eigenvalue weighted by Gasteiger charge is -2.39. The summed E-state index contributed by atoms with van der Waals surface area (Å²) in [6.07, 6.45) is 0. The molecule has 0 radical (unpaired) electrons. The van der Waals surface area contributed by atoms with Crippen LogP contribution in [0.5, 0.6) is 0 Å². The van der Waals surface area contributed by atoms with Crippen molar-refractivity contribution in [2.24, 2.45) is 0 Å². The Morgan fingerprint density at radius 3 is 2.15 bits per heavy atom. The highest BCUT2D eigenvalue weighted by molar-refractivity contribution is 6.30. The van der Waals surface area contributed by atoms with E-state index < -0.39 is 0 Å². The second kappa shape index (κ2) is 11.6. The Balaban J connectivity index is 0.00000261. The summed E-state index contributed by atoms with van der Waals surface area (Å²) >= 11 is 6.09. The minimum Gasteiger partial charge on any atom is -1.00 e. The Hall–Kier alpha value is -1.14. The van der Waals surface area contributed by atoms with E-state index in [1.165, 1.54) is 11.1 Å². The Morgan fingerprint density at radius 1 is 0.889 bits per heavy atom. The zero-order chi connectivity index (χ0) is 18.2. The van der Waals surface area contributed by atoms with Crippen LogP contribution in [0.1, 0.15) is 17.2 Å². The number of piperazine rings is 1. The lowest BCUT2D eigenvalue weighted by Crippen LogP contribution is -3.00. The number of rotatable bonds is 8. The second-order valence-electron chi connectivity index (χ2n) is 6.58. The monoisotopic (exact) mass is 409 g/mol. The third kappa shape index (κ3) is 6.46. The van der Waals surface area contributed by atoms with E-state index in [2.05, 4.69) is 52.3 Å². The van der Waals surface area contributed by atoms with Gasteiger partial charge in [-0.25, -0.2) is 0 Å². The summed E-state index contributed by atoms with van der Waals surface area (Å²) < 4.78 is 5.39. The van der Waals surface area contributed by atoms with Crippen molar-refractivity contribution in [2.45, 2.75) is 6.04 Å². The predicted octanol–water partition coefficient (Wildman–Crippen LogP) is 0.0599. The molecule has 6 heteroatoms. The Labute approximate surface area is 173 Å². The van der Waals surface area contributed by atoms with Gasteiger partial charge < -0.3 is 22.3 Å². The van der Waals surface area contributed by atoms with Crippen LogP contribution in [-0.4, -0.2) is 67.5 Å². The van der Waals surface area contributed by atoms with Crippen LogP contribution >= 0.6 is 11.6 Å².